The van der Waals surface area contributed by atoms with Crippen molar-refractivity contribution in [1.29, 1.82) is 0 Å². The fourth-order valence-corrected chi connectivity index (χ4v) is 1.62. The van der Waals surface area contributed by atoms with Crippen molar-refractivity contribution >= 4 is 5.91 Å². The molecule has 0 spiro atoms. The number of rotatable bonds is 5. The number of carbonyl (C=O) groups excluding carboxylic acids is 1. The number of hydrogen-bond acceptors (Lipinski definition) is 2. The van der Waals surface area contributed by atoms with E-state index >= 15 is 0 Å². The van der Waals surface area contributed by atoms with Gasteiger partial charge in [-0.2, -0.15) is 0 Å². The second-order valence-corrected chi connectivity index (χ2v) is 4.59. The molecule has 0 heterocycles. The van der Waals surface area contributed by atoms with Gasteiger partial charge in [-0.3, -0.25) is 10.0 Å². The van der Waals surface area contributed by atoms with Crippen molar-refractivity contribution in [3.63, 3.8) is 0 Å². The van der Waals surface area contributed by atoms with Gasteiger partial charge >= 0.3 is 0 Å². The Morgan fingerprint density at radius 2 is 1.94 bits per heavy atom. The van der Waals surface area contributed by atoms with Gasteiger partial charge < -0.3 is 4.48 Å². The van der Waals surface area contributed by atoms with Crippen LogP contribution >= 0.6 is 0 Å². The van der Waals surface area contributed by atoms with Crippen LogP contribution in [-0.2, 0) is 11.3 Å². The predicted molar refractivity (Wildman–Crippen MR) is 61.7 cm³/mol. The zero-order valence-corrected chi connectivity index (χ0v) is 9.81. The molecule has 0 aliphatic heterocycles. The average molecular weight is 223 g/mol. The largest absolute Gasteiger partial charge is 0.324 e. The topological polar surface area (TPSA) is 49.3 Å². The number of hydroxylamine groups is 1. The van der Waals surface area contributed by atoms with E-state index in [2.05, 4.69) is 26.2 Å². The van der Waals surface area contributed by atoms with E-state index in [1.807, 2.05) is 18.2 Å². The molecular weight excluding hydrogens is 204 g/mol. The SMILES string of the molecule is C[N+](C)(CCC(=O)NO)Cc1ccccc1. The first-order chi connectivity index (χ1) is 7.53. The molecule has 0 saturated heterocycles. The molecule has 4 nitrogen and oxygen atoms in total. The lowest BCUT2D eigenvalue weighted by Crippen LogP contribution is -2.41. The zero-order valence-electron chi connectivity index (χ0n) is 9.81. The summed E-state index contributed by atoms with van der Waals surface area (Å²) in [5.41, 5.74) is 2.90. The Labute approximate surface area is 96.1 Å². The lowest BCUT2D eigenvalue weighted by atomic mass is 10.2. The van der Waals surface area contributed by atoms with E-state index in [0.29, 0.717) is 13.0 Å². The fraction of sp³-hybridized carbons (Fsp3) is 0.417. The third-order valence-electron chi connectivity index (χ3n) is 2.52. The molecule has 88 valence electrons. The molecule has 1 aromatic rings. The molecule has 1 amide bonds. The molecule has 16 heavy (non-hydrogen) atoms. The van der Waals surface area contributed by atoms with Gasteiger partial charge in [0.1, 0.15) is 6.54 Å². The van der Waals surface area contributed by atoms with Crippen LogP contribution in [0.15, 0.2) is 30.3 Å². The van der Waals surface area contributed by atoms with Gasteiger partial charge in [0.25, 0.3) is 0 Å². The maximum atomic E-state index is 10.9. The van der Waals surface area contributed by atoms with Crippen molar-refractivity contribution in [3.8, 4) is 0 Å². The Bertz CT molecular complexity index is 336. The highest BCUT2D eigenvalue weighted by Crippen LogP contribution is 2.09. The van der Waals surface area contributed by atoms with Crippen LogP contribution in [0.25, 0.3) is 0 Å². The molecule has 0 bridgehead atoms. The Morgan fingerprint density at radius 3 is 2.50 bits per heavy atom. The predicted octanol–water partition coefficient (Wildman–Crippen LogP) is 1.16. The minimum absolute atomic E-state index is 0.330. The van der Waals surface area contributed by atoms with Crippen LogP contribution in [0.4, 0.5) is 0 Å². The lowest BCUT2D eigenvalue weighted by Gasteiger charge is -2.29. The third kappa shape index (κ3) is 4.42. The van der Waals surface area contributed by atoms with Crippen LogP contribution in [0.1, 0.15) is 12.0 Å². The molecule has 0 unspecified atom stereocenters. The van der Waals surface area contributed by atoms with E-state index < -0.39 is 0 Å². The molecule has 0 aromatic heterocycles. The quantitative estimate of drug-likeness (QED) is 0.447. The minimum atomic E-state index is -0.334. The molecule has 0 aliphatic rings. The number of hydrogen-bond donors (Lipinski definition) is 2. The van der Waals surface area contributed by atoms with Crippen molar-refractivity contribution in [3.05, 3.63) is 35.9 Å². The van der Waals surface area contributed by atoms with Crippen molar-refractivity contribution < 1.29 is 14.5 Å². The van der Waals surface area contributed by atoms with E-state index in [4.69, 9.17) is 5.21 Å². The molecule has 0 saturated carbocycles. The zero-order chi connectivity index (χ0) is 12.0. The summed E-state index contributed by atoms with van der Waals surface area (Å²) < 4.78 is 0.720. The summed E-state index contributed by atoms with van der Waals surface area (Å²) in [6.45, 7) is 1.57. The van der Waals surface area contributed by atoms with Crippen LogP contribution in [0.2, 0.25) is 0 Å². The lowest BCUT2D eigenvalue weighted by molar-refractivity contribution is -0.903. The molecular formula is C12H19N2O2+. The van der Waals surface area contributed by atoms with Crippen molar-refractivity contribution in [2.45, 2.75) is 13.0 Å². The fourth-order valence-electron chi connectivity index (χ4n) is 1.62. The van der Waals surface area contributed by atoms with Gasteiger partial charge in [-0.25, -0.2) is 5.48 Å². The highest BCUT2D eigenvalue weighted by Gasteiger charge is 2.17. The van der Waals surface area contributed by atoms with Crippen molar-refractivity contribution in [2.75, 3.05) is 20.6 Å². The smallest absolute Gasteiger partial charge is 0.249 e. The number of benzene rings is 1. The Balaban J connectivity index is 2.48. The summed E-state index contributed by atoms with van der Waals surface area (Å²) >= 11 is 0. The summed E-state index contributed by atoms with van der Waals surface area (Å²) in [4.78, 5) is 10.9. The van der Waals surface area contributed by atoms with E-state index in [-0.39, 0.29) is 5.91 Å². The summed E-state index contributed by atoms with van der Waals surface area (Å²) in [7, 11) is 4.13. The molecule has 1 aromatic carbocycles. The van der Waals surface area contributed by atoms with Crippen LogP contribution in [0, 0.1) is 0 Å². The normalized spacial score (nSPS) is 11.2. The number of nitrogens with zero attached hydrogens (tertiary/aromatic N) is 1. The number of amides is 1. The summed E-state index contributed by atoms with van der Waals surface area (Å²) in [5.74, 6) is -0.334. The molecule has 0 radical (unpaired) electrons. The van der Waals surface area contributed by atoms with E-state index in [0.717, 1.165) is 11.0 Å². The average Bonchev–Trinajstić information content (AvgIpc) is 2.27. The van der Waals surface area contributed by atoms with Gasteiger partial charge in [0.05, 0.1) is 27.1 Å². The molecule has 4 heteroatoms. The monoisotopic (exact) mass is 223 g/mol. The maximum absolute atomic E-state index is 10.9. The first-order valence-corrected chi connectivity index (χ1v) is 5.32. The standard InChI is InChI=1S/C12H18N2O2/c1-14(2,9-8-12(15)13-16)10-11-6-4-3-5-7-11/h3-7H,8-10H2,1-2H3,(H-,13,15,16)/p+1. The summed E-state index contributed by atoms with van der Waals surface area (Å²) in [5, 5.41) is 8.41. The molecule has 0 atom stereocenters. The van der Waals surface area contributed by atoms with Crippen LogP contribution < -0.4 is 5.48 Å². The highest BCUT2D eigenvalue weighted by molar-refractivity contribution is 5.74. The van der Waals surface area contributed by atoms with Gasteiger partial charge in [-0.05, 0) is 0 Å². The number of quaternary nitrogens is 1. The third-order valence-corrected chi connectivity index (χ3v) is 2.52. The van der Waals surface area contributed by atoms with E-state index in [9.17, 15) is 4.79 Å². The van der Waals surface area contributed by atoms with Crippen molar-refractivity contribution in [2.24, 2.45) is 0 Å². The van der Waals surface area contributed by atoms with Gasteiger partial charge in [0.15, 0.2) is 0 Å². The summed E-state index contributed by atoms with van der Waals surface area (Å²) in [6, 6.07) is 10.2. The van der Waals surface area contributed by atoms with E-state index in [1.165, 1.54) is 5.56 Å². The molecule has 0 fully saturated rings. The van der Waals surface area contributed by atoms with Gasteiger partial charge in [-0.15, -0.1) is 0 Å². The second-order valence-electron chi connectivity index (χ2n) is 4.59. The molecule has 1 rings (SSSR count). The number of nitrogens with one attached hydrogen (secondary N) is 1. The van der Waals surface area contributed by atoms with Crippen molar-refractivity contribution in [1.82, 2.24) is 5.48 Å². The molecule has 0 aliphatic carbocycles. The Morgan fingerprint density at radius 1 is 1.31 bits per heavy atom. The Hall–Kier alpha value is -1.39. The first kappa shape index (κ1) is 12.7. The van der Waals surface area contributed by atoms with Crippen LogP contribution in [0.3, 0.4) is 0 Å². The first-order valence-electron chi connectivity index (χ1n) is 5.32. The second kappa shape index (κ2) is 5.63. The van der Waals surface area contributed by atoms with E-state index in [1.54, 1.807) is 5.48 Å². The van der Waals surface area contributed by atoms with Crippen LogP contribution in [0.5, 0.6) is 0 Å². The van der Waals surface area contributed by atoms with Gasteiger partial charge in [0, 0.05) is 5.56 Å². The highest BCUT2D eigenvalue weighted by atomic mass is 16.5. The molecule has 2 N–H and O–H groups in total. The Kier molecular flexibility index (Phi) is 4.46. The van der Waals surface area contributed by atoms with Gasteiger partial charge in [0.2, 0.25) is 5.91 Å². The van der Waals surface area contributed by atoms with Crippen LogP contribution in [-0.4, -0.2) is 36.2 Å². The maximum Gasteiger partial charge on any atom is 0.249 e. The van der Waals surface area contributed by atoms with Gasteiger partial charge in [-0.1, -0.05) is 30.3 Å². The minimum Gasteiger partial charge on any atom is -0.324 e. The number of carbonyl (C=O) groups is 1. The summed E-state index contributed by atoms with van der Waals surface area (Å²) in [6.07, 6.45) is 0.330.